The van der Waals surface area contributed by atoms with Crippen molar-refractivity contribution in [1.29, 1.82) is 0 Å². The van der Waals surface area contributed by atoms with E-state index in [0.29, 0.717) is 12.2 Å². The first kappa shape index (κ1) is 21.8. The number of carbonyl (C=O) groups is 1. The molecule has 0 radical (unpaired) electrons. The van der Waals surface area contributed by atoms with E-state index < -0.39 is 24.2 Å². The SMILES string of the molecule is CC[C@H](N)C(=O)O[C@@H](C)[C@@H](COc1ccccc1)Oc1ccccc1.Cl. The maximum atomic E-state index is 12.0. The van der Waals surface area contributed by atoms with Crippen LogP contribution in [0.2, 0.25) is 0 Å². The Morgan fingerprint density at radius 3 is 2.08 bits per heavy atom. The van der Waals surface area contributed by atoms with Crippen LogP contribution >= 0.6 is 12.4 Å². The number of ether oxygens (including phenoxy) is 3. The first-order chi connectivity index (χ1) is 12.1. The maximum absolute atomic E-state index is 12.0. The molecular formula is C20H26ClNO4. The van der Waals surface area contributed by atoms with Crippen LogP contribution in [0, 0.1) is 0 Å². The smallest absolute Gasteiger partial charge is 0.323 e. The van der Waals surface area contributed by atoms with Gasteiger partial charge in [-0.1, -0.05) is 43.3 Å². The Morgan fingerprint density at radius 1 is 1.00 bits per heavy atom. The molecule has 6 heteroatoms. The number of hydrogen-bond acceptors (Lipinski definition) is 5. The van der Waals surface area contributed by atoms with Gasteiger partial charge < -0.3 is 19.9 Å². The molecule has 0 spiro atoms. The molecule has 0 saturated carbocycles. The van der Waals surface area contributed by atoms with E-state index in [1.807, 2.05) is 67.6 Å². The Balaban J connectivity index is 0.00000338. The lowest BCUT2D eigenvalue weighted by Gasteiger charge is -2.26. The number of halogens is 1. The first-order valence-corrected chi connectivity index (χ1v) is 8.45. The highest BCUT2D eigenvalue weighted by molar-refractivity contribution is 5.85. The third-order valence-electron chi connectivity index (χ3n) is 3.76. The predicted octanol–water partition coefficient (Wildman–Crippen LogP) is 3.60. The molecule has 0 unspecified atom stereocenters. The summed E-state index contributed by atoms with van der Waals surface area (Å²) in [5.41, 5.74) is 5.74. The van der Waals surface area contributed by atoms with Gasteiger partial charge >= 0.3 is 5.97 Å². The van der Waals surface area contributed by atoms with Crippen molar-refractivity contribution >= 4 is 18.4 Å². The number of para-hydroxylation sites is 2. The number of rotatable bonds is 9. The van der Waals surface area contributed by atoms with Crippen LogP contribution in [0.25, 0.3) is 0 Å². The molecule has 0 aliphatic carbocycles. The summed E-state index contributed by atoms with van der Waals surface area (Å²) in [6.45, 7) is 3.87. The summed E-state index contributed by atoms with van der Waals surface area (Å²) < 4.78 is 17.2. The third-order valence-corrected chi connectivity index (χ3v) is 3.76. The number of carbonyl (C=O) groups excluding carboxylic acids is 1. The molecule has 2 N–H and O–H groups in total. The molecule has 0 bridgehead atoms. The van der Waals surface area contributed by atoms with Gasteiger partial charge in [0.05, 0.1) is 0 Å². The minimum absolute atomic E-state index is 0. The number of nitrogens with two attached hydrogens (primary N) is 1. The average molecular weight is 380 g/mol. The topological polar surface area (TPSA) is 70.8 Å². The van der Waals surface area contributed by atoms with Crippen molar-refractivity contribution in [2.24, 2.45) is 5.73 Å². The van der Waals surface area contributed by atoms with Gasteiger partial charge in [-0.25, -0.2) is 0 Å². The summed E-state index contributed by atoms with van der Waals surface area (Å²) in [5.74, 6) is 0.983. The lowest BCUT2D eigenvalue weighted by molar-refractivity contribution is -0.155. The van der Waals surface area contributed by atoms with Gasteiger partial charge in [0.15, 0.2) is 6.10 Å². The van der Waals surface area contributed by atoms with Crippen molar-refractivity contribution in [3.05, 3.63) is 60.7 Å². The van der Waals surface area contributed by atoms with Gasteiger partial charge in [0.2, 0.25) is 0 Å². The second-order valence-electron chi connectivity index (χ2n) is 5.75. The van der Waals surface area contributed by atoms with Gasteiger partial charge in [-0.05, 0) is 37.6 Å². The standard InChI is InChI=1S/C20H25NO4.ClH/c1-3-18(21)20(22)24-15(2)19(25-17-12-8-5-9-13-17)14-23-16-10-6-4-7-11-16;/h4-13,15,18-19H,3,14,21H2,1-2H3;1H/t15-,18-,19+;/m0./s1. The minimum Gasteiger partial charge on any atom is -0.490 e. The van der Waals surface area contributed by atoms with Gasteiger partial charge in [0, 0.05) is 0 Å². The Bertz CT molecular complexity index is 639. The van der Waals surface area contributed by atoms with Crippen molar-refractivity contribution < 1.29 is 19.0 Å². The molecule has 142 valence electrons. The van der Waals surface area contributed by atoms with Crippen LogP contribution < -0.4 is 15.2 Å². The van der Waals surface area contributed by atoms with E-state index in [0.717, 1.165) is 5.75 Å². The first-order valence-electron chi connectivity index (χ1n) is 8.45. The molecule has 0 aliphatic rings. The summed E-state index contributed by atoms with van der Waals surface area (Å²) in [6, 6.07) is 18.2. The lowest BCUT2D eigenvalue weighted by atomic mass is 10.2. The quantitative estimate of drug-likeness (QED) is 0.674. The molecule has 0 amide bonds. The molecule has 26 heavy (non-hydrogen) atoms. The van der Waals surface area contributed by atoms with Gasteiger partial charge in [0.1, 0.15) is 30.3 Å². The van der Waals surface area contributed by atoms with Crippen molar-refractivity contribution in [2.75, 3.05) is 6.61 Å². The molecule has 0 aromatic heterocycles. The maximum Gasteiger partial charge on any atom is 0.323 e. The fourth-order valence-electron chi connectivity index (χ4n) is 2.15. The zero-order valence-electron chi connectivity index (χ0n) is 15.0. The summed E-state index contributed by atoms with van der Waals surface area (Å²) in [5, 5.41) is 0. The fraction of sp³-hybridized carbons (Fsp3) is 0.350. The normalized spacial score (nSPS) is 13.7. The van der Waals surface area contributed by atoms with Crippen molar-refractivity contribution in [1.82, 2.24) is 0 Å². The van der Waals surface area contributed by atoms with E-state index in [1.165, 1.54) is 0 Å². The Labute approximate surface area is 160 Å². The van der Waals surface area contributed by atoms with E-state index >= 15 is 0 Å². The highest BCUT2D eigenvalue weighted by atomic mass is 35.5. The minimum atomic E-state index is -0.630. The summed E-state index contributed by atoms with van der Waals surface area (Å²) in [7, 11) is 0. The molecular weight excluding hydrogens is 354 g/mol. The largest absolute Gasteiger partial charge is 0.490 e. The van der Waals surface area contributed by atoms with E-state index in [1.54, 1.807) is 6.92 Å². The van der Waals surface area contributed by atoms with Gasteiger partial charge in [-0.2, -0.15) is 0 Å². The number of esters is 1. The van der Waals surface area contributed by atoms with Crippen molar-refractivity contribution in [3.8, 4) is 11.5 Å². The Hall–Kier alpha value is -2.24. The fourth-order valence-corrected chi connectivity index (χ4v) is 2.15. The third kappa shape index (κ3) is 6.94. The molecule has 5 nitrogen and oxygen atoms in total. The van der Waals surface area contributed by atoms with E-state index in [2.05, 4.69) is 0 Å². The Morgan fingerprint density at radius 2 is 1.54 bits per heavy atom. The van der Waals surface area contributed by atoms with Crippen LogP contribution in [-0.2, 0) is 9.53 Å². The van der Waals surface area contributed by atoms with Gasteiger partial charge in [0.25, 0.3) is 0 Å². The summed E-state index contributed by atoms with van der Waals surface area (Å²) in [6.07, 6.45) is -0.444. The molecule has 0 aliphatic heterocycles. The number of benzene rings is 2. The predicted molar refractivity (Wildman–Crippen MR) is 104 cm³/mol. The van der Waals surface area contributed by atoms with Crippen LogP contribution in [0.4, 0.5) is 0 Å². The molecule has 0 fully saturated rings. The van der Waals surface area contributed by atoms with Crippen molar-refractivity contribution in [2.45, 2.75) is 38.5 Å². The average Bonchev–Trinajstić information content (AvgIpc) is 2.65. The van der Waals surface area contributed by atoms with Crippen LogP contribution in [-0.4, -0.2) is 30.8 Å². The van der Waals surface area contributed by atoms with E-state index in [9.17, 15) is 4.79 Å². The molecule has 2 rings (SSSR count). The zero-order chi connectivity index (χ0) is 18.1. The monoisotopic (exact) mass is 379 g/mol. The molecule has 3 atom stereocenters. The summed E-state index contributed by atoms with van der Waals surface area (Å²) >= 11 is 0. The van der Waals surface area contributed by atoms with Crippen molar-refractivity contribution in [3.63, 3.8) is 0 Å². The van der Waals surface area contributed by atoms with Crippen LogP contribution in [0.5, 0.6) is 11.5 Å². The molecule has 2 aromatic rings. The highest BCUT2D eigenvalue weighted by Crippen LogP contribution is 2.17. The second-order valence-corrected chi connectivity index (χ2v) is 5.75. The molecule has 0 saturated heterocycles. The summed E-state index contributed by atoms with van der Waals surface area (Å²) in [4.78, 5) is 12.0. The van der Waals surface area contributed by atoms with Crippen LogP contribution in [0.3, 0.4) is 0 Å². The highest BCUT2D eigenvalue weighted by Gasteiger charge is 2.26. The van der Waals surface area contributed by atoms with E-state index in [4.69, 9.17) is 19.9 Å². The number of hydrogen-bond donors (Lipinski definition) is 1. The zero-order valence-corrected chi connectivity index (χ0v) is 15.9. The Kier molecular flexibility index (Phi) is 9.55. The van der Waals surface area contributed by atoms with Gasteiger partial charge in [-0.15, -0.1) is 12.4 Å². The van der Waals surface area contributed by atoms with Gasteiger partial charge in [-0.3, -0.25) is 4.79 Å². The second kappa shape index (κ2) is 11.4. The molecule has 2 aromatic carbocycles. The van der Waals surface area contributed by atoms with Crippen LogP contribution in [0.15, 0.2) is 60.7 Å². The lowest BCUT2D eigenvalue weighted by Crippen LogP contribution is -2.42. The molecule has 0 heterocycles. The van der Waals surface area contributed by atoms with E-state index in [-0.39, 0.29) is 19.0 Å². The van der Waals surface area contributed by atoms with Crippen LogP contribution in [0.1, 0.15) is 20.3 Å².